The number of nitrogens with zero attached hydrogens (tertiary/aromatic N) is 2. The fourth-order valence-electron chi connectivity index (χ4n) is 4.02. The van der Waals surface area contributed by atoms with E-state index < -0.39 is 5.91 Å². The molecule has 0 spiro atoms. The van der Waals surface area contributed by atoms with Crippen LogP contribution in [0.15, 0.2) is 59.6 Å². The number of piperidine rings is 1. The molecular formula is C25H35N5O2. The molecule has 1 aliphatic rings. The summed E-state index contributed by atoms with van der Waals surface area (Å²) in [6, 6.07) is 19.3. The van der Waals surface area contributed by atoms with Crippen LogP contribution in [-0.4, -0.2) is 55.6 Å². The van der Waals surface area contributed by atoms with Gasteiger partial charge in [0.1, 0.15) is 5.75 Å². The first-order valence-electron chi connectivity index (χ1n) is 11.3. The van der Waals surface area contributed by atoms with Crippen molar-refractivity contribution in [3.05, 3.63) is 65.7 Å². The molecule has 1 heterocycles. The fraction of sp³-hybridized carbons (Fsp3) is 0.440. The van der Waals surface area contributed by atoms with Crippen LogP contribution >= 0.6 is 0 Å². The molecule has 2 aromatic carbocycles. The highest BCUT2D eigenvalue weighted by atomic mass is 16.5. The van der Waals surface area contributed by atoms with Gasteiger partial charge in [-0.15, -0.1) is 0 Å². The Kier molecular flexibility index (Phi) is 8.92. The molecule has 1 fully saturated rings. The molecule has 4 N–H and O–H groups in total. The molecule has 0 saturated carbocycles. The van der Waals surface area contributed by atoms with Gasteiger partial charge in [0.2, 0.25) is 0 Å². The van der Waals surface area contributed by atoms with Gasteiger partial charge in [-0.3, -0.25) is 14.7 Å². The van der Waals surface area contributed by atoms with Gasteiger partial charge in [-0.2, -0.15) is 0 Å². The van der Waals surface area contributed by atoms with Gasteiger partial charge in [0, 0.05) is 38.8 Å². The van der Waals surface area contributed by atoms with Crippen molar-refractivity contribution in [1.82, 2.24) is 15.5 Å². The van der Waals surface area contributed by atoms with E-state index in [0.717, 1.165) is 44.9 Å². The lowest BCUT2D eigenvalue weighted by Crippen LogP contribution is -2.51. The van der Waals surface area contributed by atoms with Crippen molar-refractivity contribution < 1.29 is 9.53 Å². The van der Waals surface area contributed by atoms with E-state index in [1.54, 1.807) is 0 Å². The maximum absolute atomic E-state index is 10.8. The molecule has 7 nitrogen and oxygen atoms in total. The molecule has 0 aliphatic carbocycles. The molecule has 3 rings (SSSR count). The lowest BCUT2D eigenvalue weighted by molar-refractivity contribution is -0.119. The Morgan fingerprint density at radius 1 is 1.16 bits per heavy atom. The van der Waals surface area contributed by atoms with Crippen LogP contribution in [0.5, 0.6) is 5.75 Å². The first-order chi connectivity index (χ1) is 15.5. The van der Waals surface area contributed by atoms with Crippen LogP contribution < -0.4 is 21.1 Å². The van der Waals surface area contributed by atoms with E-state index in [0.29, 0.717) is 17.8 Å². The van der Waals surface area contributed by atoms with Crippen LogP contribution in [0.25, 0.3) is 0 Å². The van der Waals surface area contributed by atoms with Crippen LogP contribution in [0.3, 0.4) is 0 Å². The zero-order valence-corrected chi connectivity index (χ0v) is 19.1. The summed E-state index contributed by atoms with van der Waals surface area (Å²) < 4.78 is 5.29. The minimum absolute atomic E-state index is 0.104. The zero-order chi connectivity index (χ0) is 22.8. The van der Waals surface area contributed by atoms with E-state index in [9.17, 15) is 4.79 Å². The van der Waals surface area contributed by atoms with E-state index in [1.807, 2.05) is 31.3 Å². The molecular weight excluding hydrogens is 402 g/mol. The van der Waals surface area contributed by atoms with Gasteiger partial charge in [0.05, 0.1) is 0 Å². The number of primary amides is 1. The third kappa shape index (κ3) is 7.57. The fourth-order valence-corrected chi connectivity index (χ4v) is 4.02. The Balaban J connectivity index is 1.39. The average molecular weight is 438 g/mol. The molecule has 0 bridgehead atoms. The Hall–Kier alpha value is -3.06. The van der Waals surface area contributed by atoms with Crippen LogP contribution in [0, 0.1) is 0 Å². The second kappa shape index (κ2) is 12.1. The number of guanidine groups is 1. The number of nitrogens with two attached hydrogens (primary N) is 1. The van der Waals surface area contributed by atoms with Crippen LogP contribution in [0.4, 0.5) is 0 Å². The molecule has 1 saturated heterocycles. The van der Waals surface area contributed by atoms with Crippen molar-refractivity contribution in [3.63, 3.8) is 0 Å². The van der Waals surface area contributed by atoms with Crippen molar-refractivity contribution in [3.8, 4) is 5.75 Å². The molecule has 172 valence electrons. The highest BCUT2D eigenvalue weighted by molar-refractivity contribution is 5.80. The zero-order valence-electron chi connectivity index (χ0n) is 19.1. The number of nitrogens with one attached hydrogen (secondary N) is 2. The standard InChI is InChI=1S/C25H35N5O2/c1-19-16-22(13-15-30(19)17-21-6-4-3-5-7-21)29-25(27-2)28-14-12-20-8-10-23(11-9-20)32-18-24(26)31/h3-11,19,22H,12-18H2,1-2H3,(H2,26,31)(H2,27,28,29). The SMILES string of the molecule is CN=C(NCCc1ccc(OCC(N)=O)cc1)NC1CCN(Cc2ccccc2)C(C)C1. The number of amides is 1. The lowest BCUT2D eigenvalue weighted by Gasteiger charge is -2.38. The highest BCUT2D eigenvalue weighted by Gasteiger charge is 2.25. The molecule has 2 atom stereocenters. The topological polar surface area (TPSA) is 92.0 Å². The van der Waals surface area contributed by atoms with Crippen molar-refractivity contribution in [2.75, 3.05) is 26.7 Å². The third-order valence-corrected chi connectivity index (χ3v) is 5.82. The van der Waals surface area contributed by atoms with Crippen molar-refractivity contribution in [2.24, 2.45) is 10.7 Å². The molecule has 1 amide bonds. The van der Waals surface area contributed by atoms with Gasteiger partial charge in [-0.1, -0.05) is 42.5 Å². The van der Waals surface area contributed by atoms with Crippen LogP contribution in [-0.2, 0) is 17.8 Å². The Morgan fingerprint density at radius 3 is 2.56 bits per heavy atom. The maximum atomic E-state index is 10.8. The minimum atomic E-state index is -0.478. The van der Waals surface area contributed by atoms with E-state index in [4.69, 9.17) is 10.5 Å². The van der Waals surface area contributed by atoms with Crippen molar-refractivity contribution in [1.29, 1.82) is 0 Å². The Morgan fingerprint density at radius 2 is 1.91 bits per heavy atom. The number of aliphatic imine (C=N–C) groups is 1. The van der Waals surface area contributed by atoms with Gasteiger partial charge >= 0.3 is 0 Å². The van der Waals surface area contributed by atoms with Crippen molar-refractivity contribution >= 4 is 11.9 Å². The second-order valence-electron chi connectivity index (χ2n) is 8.32. The summed E-state index contributed by atoms with van der Waals surface area (Å²) in [4.78, 5) is 17.7. The summed E-state index contributed by atoms with van der Waals surface area (Å²) >= 11 is 0. The van der Waals surface area contributed by atoms with Crippen LogP contribution in [0.1, 0.15) is 30.9 Å². The van der Waals surface area contributed by atoms with E-state index in [-0.39, 0.29) is 6.61 Å². The van der Waals surface area contributed by atoms with Gasteiger partial charge in [0.25, 0.3) is 5.91 Å². The summed E-state index contributed by atoms with van der Waals surface area (Å²) in [5, 5.41) is 7.01. The van der Waals surface area contributed by atoms with Gasteiger partial charge < -0.3 is 21.1 Å². The molecule has 0 radical (unpaired) electrons. The number of likely N-dealkylation sites (tertiary alicyclic amines) is 1. The minimum Gasteiger partial charge on any atom is -0.484 e. The maximum Gasteiger partial charge on any atom is 0.255 e. The molecule has 2 unspecified atom stereocenters. The predicted octanol–water partition coefficient (Wildman–Crippen LogP) is 2.31. The Labute approximate surface area is 191 Å². The molecule has 0 aromatic heterocycles. The summed E-state index contributed by atoms with van der Waals surface area (Å²) in [6.07, 6.45) is 3.06. The molecule has 32 heavy (non-hydrogen) atoms. The van der Waals surface area contributed by atoms with E-state index >= 15 is 0 Å². The largest absolute Gasteiger partial charge is 0.484 e. The quantitative estimate of drug-likeness (QED) is 0.414. The molecule has 2 aromatic rings. The van der Waals surface area contributed by atoms with Crippen molar-refractivity contribution in [2.45, 2.75) is 44.8 Å². The number of carbonyl (C=O) groups is 1. The average Bonchev–Trinajstić information content (AvgIpc) is 2.80. The summed E-state index contributed by atoms with van der Waals surface area (Å²) in [7, 11) is 1.81. The van der Waals surface area contributed by atoms with Gasteiger partial charge in [-0.05, 0) is 49.4 Å². The number of carbonyl (C=O) groups excluding carboxylic acids is 1. The number of hydrogen-bond donors (Lipinski definition) is 3. The lowest BCUT2D eigenvalue weighted by atomic mass is 9.97. The normalized spacial score (nSPS) is 19.4. The smallest absolute Gasteiger partial charge is 0.255 e. The Bertz CT molecular complexity index is 870. The molecule has 1 aliphatic heterocycles. The van der Waals surface area contributed by atoms with Gasteiger partial charge in [0.15, 0.2) is 12.6 Å². The van der Waals surface area contributed by atoms with E-state index in [2.05, 4.69) is 57.8 Å². The molecule has 7 heteroatoms. The summed E-state index contributed by atoms with van der Waals surface area (Å²) in [6.45, 7) is 5.07. The number of benzene rings is 2. The second-order valence-corrected chi connectivity index (χ2v) is 8.32. The summed E-state index contributed by atoms with van der Waals surface area (Å²) in [5.41, 5.74) is 7.65. The monoisotopic (exact) mass is 437 g/mol. The highest BCUT2D eigenvalue weighted by Crippen LogP contribution is 2.20. The first-order valence-corrected chi connectivity index (χ1v) is 11.3. The summed E-state index contributed by atoms with van der Waals surface area (Å²) in [5.74, 6) is 1.01. The predicted molar refractivity (Wildman–Crippen MR) is 129 cm³/mol. The third-order valence-electron chi connectivity index (χ3n) is 5.82. The first kappa shape index (κ1) is 23.6. The van der Waals surface area contributed by atoms with Gasteiger partial charge in [-0.25, -0.2) is 0 Å². The number of rotatable bonds is 9. The van der Waals surface area contributed by atoms with E-state index in [1.165, 1.54) is 11.1 Å². The number of hydrogen-bond acceptors (Lipinski definition) is 4. The number of ether oxygens (including phenoxy) is 1. The van der Waals surface area contributed by atoms with Crippen LogP contribution in [0.2, 0.25) is 0 Å².